The number of thioether (sulfide) groups is 1. The number of nitrogens with zero attached hydrogens (tertiary/aromatic N) is 3. The van der Waals surface area contributed by atoms with E-state index in [0.717, 1.165) is 0 Å². The lowest BCUT2D eigenvalue weighted by atomic mass is 10.2. The van der Waals surface area contributed by atoms with Crippen LogP contribution >= 0.6 is 11.8 Å². The van der Waals surface area contributed by atoms with Crippen molar-refractivity contribution < 1.29 is 4.74 Å². The van der Waals surface area contributed by atoms with Gasteiger partial charge in [-0.1, -0.05) is 17.8 Å². The standard InChI is InChI=1S/C12H10N4OS/c1-18-12-15-10(14)6-11(16-12)17-9-4-2-3-8(5-9)7-13/h2-6H,1H3,(H2,14,15,16). The van der Waals surface area contributed by atoms with Crippen molar-refractivity contribution in [3.8, 4) is 17.7 Å². The maximum absolute atomic E-state index is 8.80. The van der Waals surface area contributed by atoms with E-state index in [-0.39, 0.29) is 0 Å². The Morgan fingerprint density at radius 3 is 2.89 bits per heavy atom. The second-order valence-corrected chi connectivity index (χ2v) is 4.13. The summed E-state index contributed by atoms with van der Waals surface area (Å²) < 4.78 is 5.55. The van der Waals surface area contributed by atoms with Gasteiger partial charge in [0.15, 0.2) is 5.16 Å². The van der Waals surface area contributed by atoms with Crippen molar-refractivity contribution in [1.82, 2.24) is 9.97 Å². The fourth-order valence-corrected chi connectivity index (χ4v) is 1.69. The summed E-state index contributed by atoms with van der Waals surface area (Å²) in [5, 5.41) is 9.34. The molecule has 0 spiro atoms. The third-order valence-corrected chi connectivity index (χ3v) is 2.62. The number of benzene rings is 1. The van der Waals surface area contributed by atoms with Crippen LogP contribution in [0.4, 0.5) is 5.82 Å². The highest BCUT2D eigenvalue weighted by atomic mass is 32.2. The number of aromatic nitrogens is 2. The molecular formula is C12H10N4OS. The molecule has 0 amide bonds. The van der Waals surface area contributed by atoms with Gasteiger partial charge in [-0.2, -0.15) is 10.2 Å². The average molecular weight is 258 g/mol. The Morgan fingerprint density at radius 1 is 1.33 bits per heavy atom. The van der Waals surface area contributed by atoms with Gasteiger partial charge < -0.3 is 10.5 Å². The Balaban J connectivity index is 2.28. The van der Waals surface area contributed by atoms with Gasteiger partial charge in [0.1, 0.15) is 11.6 Å². The summed E-state index contributed by atoms with van der Waals surface area (Å²) in [6.45, 7) is 0. The molecule has 0 saturated heterocycles. The van der Waals surface area contributed by atoms with Crippen LogP contribution in [0.1, 0.15) is 5.56 Å². The topological polar surface area (TPSA) is 84.8 Å². The number of nitriles is 1. The second-order valence-electron chi connectivity index (χ2n) is 3.36. The van der Waals surface area contributed by atoms with Crippen LogP contribution in [-0.4, -0.2) is 16.2 Å². The van der Waals surface area contributed by atoms with E-state index < -0.39 is 0 Å². The minimum Gasteiger partial charge on any atom is -0.439 e. The highest BCUT2D eigenvalue weighted by Crippen LogP contribution is 2.23. The Bertz CT molecular complexity index is 609. The lowest BCUT2D eigenvalue weighted by Gasteiger charge is -2.06. The SMILES string of the molecule is CSc1nc(N)cc(Oc2cccc(C#N)c2)n1. The van der Waals surface area contributed by atoms with Crippen LogP contribution in [0, 0.1) is 11.3 Å². The van der Waals surface area contributed by atoms with Crippen molar-refractivity contribution >= 4 is 17.6 Å². The van der Waals surface area contributed by atoms with Gasteiger partial charge in [0, 0.05) is 6.07 Å². The zero-order chi connectivity index (χ0) is 13.0. The Labute approximate surface area is 109 Å². The minimum absolute atomic E-state index is 0.348. The third kappa shape index (κ3) is 2.90. The molecule has 5 nitrogen and oxygen atoms in total. The van der Waals surface area contributed by atoms with Crippen LogP contribution in [0.3, 0.4) is 0 Å². The predicted molar refractivity (Wildman–Crippen MR) is 69.5 cm³/mol. The quantitative estimate of drug-likeness (QED) is 0.672. The van der Waals surface area contributed by atoms with Crippen LogP contribution in [0.2, 0.25) is 0 Å². The van der Waals surface area contributed by atoms with Crippen molar-refractivity contribution in [3.05, 3.63) is 35.9 Å². The molecule has 0 aliphatic rings. The smallest absolute Gasteiger partial charge is 0.225 e. The molecule has 2 N–H and O–H groups in total. The predicted octanol–water partition coefficient (Wildman–Crippen LogP) is 2.44. The first-order chi connectivity index (χ1) is 8.71. The van der Waals surface area contributed by atoms with Gasteiger partial charge in [-0.3, -0.25) is 0 Å². The summed E-state index contributed by atoms with van der Waals surface area (Å²) in [5.74, 6) is 1.25. The van der Waals surface area contributed by atoms with Crippen molar-refractivity contribution in [2.75, 3.05) is 12.0 Å². The van der Waals surface area contributed by atoms with E-state index in [0.29, 0.717) is 28.2 Å². The molecule has 0 fully saturated rings. The zero-order valence-electron chi connectivity index (χ0n) is 9.62. The van der Waals surface area contributed by atoms with Crippen LogP contribution in [0.25, 0.3) is 0 Å². The lowest BCUT2D eigenvalue weighted by Crippen LogP contribution is -1.97. The minimum atomic E-state index is 0.348. The molecular weight excluding hydrogens is 248 g/mol. The Hall–Kier alpha value is -2.26. The number of nitrogen functional groups attached to an aromatic ring is 1. The van der Waals surface area contributed by atoms with E-state index >= 15 is 0 Å². The Kier molecular flexibility index (Phi) is 3.65. The molecule has 0 saturated carbocycles. The normalized spacial score (nSPS) is 9.78. The number of hydrogen-bond donors (Lipinski definition) is 1. The van der Waals surface area contributed by atoms with E-state index in [1.165, 1.54) is 11.8 Å². The molecule has 0 atom stereocenters. The lowest BCUT2D eigenvalue weighted by molar-refractivity contribution is 0.456. The summed E-state index contributed by atoms with van der Waals surface area (Å²) in [5.41, 5.74) is 6.18. The summed E-state index contributed by atoms with van der Waals surface area (Å²) in [6.07, 6.45) is 1.86. The highest BCUT2D eigenvalue weighted by Gasteiger charge is 2.04. The molecule has 0 aliphatic carbocycles. The maximum atomic E-state index is 8.80. The molecule has 90 valence electrons. The van der Waals surface area contributed by atoms with Crippen molar-refractivity contribution in [2.45, 2.75) is 5.16 Å². The van der Waals surface area contributed by atoms with E-state index in [4.69, 9.17) is 15.7 Å². The monoisotopic (exact) mass is 258 g/mol. The summed E-state index contributed by atoms with van der Waals surface area (Å²) >= 11 is 1.38. The van der Waals surface area contributed by atoms with Gasteiger partial charge in [-0.25, -0.2) is 4.98 Å². The number of ether oxygens (including phenoxy) is 1. The maximum Gasteiger partial charge on any atom is 0.225 e. The number of rotatable bonds is 3. The molecule has 0 radical (unpaired) electrons. The van der Waals surface area contributed by atoms with Crippen LogP contribution < -0.4 is 10.5 Å². The molecule has 18 heavy (non-hydrogen) atoms. The fraction of sp³-hybridized carbons (Fsp3) is 0.0833. The molecule has 0 aliphatic heterocycles. The van der Waals surface area contributed by atoms with Gasteiger partial charge in [0.05, 0.1) is 11.6 Å². The summed E-state index contributed by atoms with van der Waals surface area (Å²) in [7, 11) is 0. The number of anilines is 1. The molecule has 0 bridgehead atoms. The van der Waals surface area contributed by atoms with Gasteiger partial charge in [-0.15, -0.1) is 0 Å². The molecule has 2 aromatic rings. The zero-order valence-corrected chi connectivity index (χ0v) is 10.4. The highest BCUT2D eigenvalue weighted by molar-refractivity contribution is 7.98. The van der Waals surface area contributed by atoms with Gasteiger partial charge in [0.25, 0.3) is 0 Å². The van der Waals surface area contributed by atoms with Gasteiger partial charge >= 0.3 is 0 Å². The van der Waals surface area contributed by atoms with Crippen molar-refractivity contribution in [1.29, 1.82) is 5.26 Å². The molecule has 2 rings (SSSR count). The molecule has 6 heteroatoms. The molecule has 1 aromatic carbocycles. The average Bonchev–Trinajstić information content (AvgIpc) is 2.38. The first-order valence-electron chi connectivity index (χ1n) is 5.08. The summed E-state index contributed by atoms with van der Waals surface area (Å²) in [6, 6.07) is 10.4. The van der Waals surface area contributed by atoms with E-state index in [2.05, 4.69) is 9.97 Å². The molecule has 0 unspecified atom stereocenters. The van der Waals surface area contributed by atoms with Crippen LogP contribution in [-0.2, 0) is 0 Å². The molecule has 1 heterocycles. The van der Waals surface area contributed by atoms with E-state index in [1.54, 1.807) is 30.3 Å². The van der Waals surface area contributed by atoms with E-state index in [9.17, 15) is 0 Å². The van der Waals surface area contributed by atoms with Gasteiger partial charge in [0.2, 0.25) is 5.88 Å². The first-order valence-corrected chi connectivity index (χ1v) is 6.30. The van der Waals surface area contributed by atoms with Crippen molar-refractivity contribution in [2.24, 2.45) is 0 Å². The van der Waals surface area contributed by atoms with Crippen molar-refractivity contribution in [3.63, 3.8) is 0 Å². The van der Waals surface area contributed by atoms with Crippen LogP contribution in [0.15, 0.2) is 35.5 Å². The Morgan fingerprint density at radius 2 is 2.17 bits per heavy atom. The van der Waals surface area contributed by atoms with Gasteiger partial charge in [-0.05, 0) is 24.5 Å². The van der Waals surface area contributed by atoms with E-state index in [1.807, 2.05) is 12.3 Å². The largest absolute Gasteiger partial charge is 0.439 e. The summed E-state index contributed by atoms with van der Waals surface area (Å²) in [4.78, 5) is 8.19. The first kappa shape index (κ1) is 12.2. The fourth-order valence-electron chi connectivity index (χ4n) is 1.31. The number of nitrogens with two attached hydrogens (primary N) is 1. The number of hydrogen-bond acceptors (Lipinski definition) is 6. The van der Waals surface area contributed by atoms with Crippen LogP contribution in [0.5, 0.6) is 11.6 Å². The second kappa shape index (κ2) is 5.38. The molecule has 1 aromatic heterocycles. The third-order valence-electron chi connectivity index (χ3n) is 2.07.